The highest BCUT2D eigenvalue weighted by Crippen LogP contribution is 2.24. The van der Waals surface area contributed by atoms with Gasteiger partial charge in [0.25, 0.3) is 5.91 Å². The van der Waals surface area contributed by atoms with Crippen LogP contribution in [0, 0.1) is 6.92 Å². The predicted molar refractivity (Wildman–Crippen MR) is 86.0 cm³/mol. The molecule has 0 saturated carbocycles. The minimum absolute atomic E-state index is 0.143. The molecule has 0 unspecified atom stereocenters. The molecule has 1 fully saturated rings. The molecule has 1 aliphatic rings. The zero-order chi connectivity index (χ0) is 15.4. The molecule has 1 aliphatic heterocycles. The molecule has 5 heteroatoms. The number of pyridine rings is 2. The number of carbonyl (C=O) groups excluding carboxylic acids is 1. The number of amides is 1. The Labute approximate surface area is 130 Å². The highest BCUT2D eigenvalue weighted by molar-refractivity contribution is 6.03. The Morgan fingerprint density at radius 2 is 1.95 bits per heavy atom. The number of anilines is 1. The van der Waals surface area contributed by atoms with Crippen molar-refractivity contribution in [1.29, 1.82) is 0 Å². The van der Waals surface area contributed by atoms with Crippen LogP contribution in [0.2, 0.25) is 0 Å². The Balaban J connectivity index is 1.75. The molecular weight excluding hydrogens is 276 g/mol. The van der Waals surface area contributed by atoms with Gasteiger partial charge in [-0.1, -0.05) is 0 Å². The number of aryl methyl sites for hydroxylation is 1. The topological polar surface area (TPSA) is 66.9 Å². The van der Waals surface area contributed by atoms with E-state index in [4.69, 9.17) is 0 Å². The maximum atomic E-state index is 12.4. The fourth-order valence-corrected chi connectivity index (χ4v) is 2.72. The van der Waals surface area contributed by atoms with Crippen molar-refractivity contribution in [2.75, 3.05) is 18.4 Å². The monoisotopic (exact) mass is 296 g/mol. The largest absolute Gasteiger partial charge is 0.317 e. The van der Waals surface area contributed by atoms with Crippen LogP contribution in [0.15, 0.2) is 36.7 Å². The van der Waals surface area contributed by atoms with Gasteiger partial charge in [-0.05, 0) is 62.7 Å². The van der Waals surface area contributed by atoms with E-state index in [1.807, 2.05) is 25.1 Å². The first kappa shape index (κ1) is 14.7. The van der Waals surface area contributed by atoms with Crippen LogP contribution in [0.5, 0.6) is 0 Å². The van der Waals surface area contributed by atoms with Crippen LogP contribution in [0.25, 0.3) is 0 Å². The van der Waals surface area contributed by atoms with Gasteiger partial charge in [0.15, 0.2) is 0 Å². The predicted octanol–water partition coefficient (Wildman–Crippen LogP) is 2.50. The number of hydrogen-bond acceptors (Lipinski definition) is 4. The summed E-state index contributed by atoms with van der Waals surface area (Å²) in [6.45, 7) is 3.99. The summed E-state index contributed by atoms with van der Waals surface area (Å²) in [5, 5.41) is 6.18. The third-order valence-corrected chi connectivity index (χ3v) is 3.96. The number of carbonyl (C=O) groups is 1. The maximum absolute atomic E-state index is 12.4. The summed E-state index contributed by atoms with van der Waals surface area (Å²) >= 11 is 0. The van der Waals surface area contributed by atoms with E-state index in [9.17, 15) is 4.79 Å². The summed E-state index contributed by atoms with van der Waals surface area (Å²) in [5.74, 6) is 0.868. The van der Waals surface area contributed by atoms with E-state index in [1.54, 1.807) is 18.5 Å². The summed E-state index contributed by atoms with van der Waals surface area (Å²) < 4.78 is 0. The third kappa shape index (κ3) is 3.49. The lowest BCUT2D eigenvalue weighted by molar-refractivity contribution is 0.102. The van der Waals surface area contributed by atoms with E-state index >= 15 is 0 Å². The molecule has 0 bridgehead atoms. The summed E-state index contributed by atoms with van der Waals surface area (Å²) in [7, 11) is 0. The second kappa shape index (κ2) is 6.66. The zero-order valence-corrected chi connectivity index (χ0v) is 12.7. The molecule has 0 atom stereocenters. The van der Waals surface area contributed by atoms with Gasteiger partial charge in [0, 0.05) is 29.6 Å². The Morgan fingerprint density at radius 1 is 1.18 bits per heavy atom. The lowest BCUT2D eigenvalue weighted by atomic mass is 9.93. The Hall–Kier alpha value is -2.27. The molecule has 3 heterocycles. The summed E-state index contributed by atoms with van der Waals surface area (Å²) in [6.07, 6.45) is 5.54. The van der Waals surface area contributed by atoms with Crippen LogP contribution in [0.4, 0.5) is 5.82 Å². The summed E-state index contributed by atoms with van der Waals surface area (Å²) in [5.41, 5.74) is 2.70. The van der Waals surface area contributed by atoms with Crippen LogP contribution in [0.3, 0.4) is 0 Å². The Kier molecular flexibility index (Phi) is 4.44. The molecule has 22 heavy (non-hydrogen) atoms. The Bertz CT molecular complexity index is 665. The van der Waals surface area contributed by atoms with Crippen molar-refractivity contribution >= 4 is 11.7 Å². The molecule has 3 rings (SSSR count). The van der Waals surface area contributed by atoms with Crippen LogP contribution < -0.4 is 10.6 Å². The average Bonchev–Trinajstić information content (AvgIpc) is 2.56. The van der Waals surface area contributed by atoms with Crippen LogP contribution in [0.1, 0.15) is 40.4 Å². The fraction of sp³-hybridized carbons (Fsp3) is 0.353. The normalized spacial score (nSPS) is 15.5. The number of aromatic nitrogens is 2. The molecular formula is C17H20N4O. The van der Waals surface area contributed by atoms with Crippen molar-refractivity contribution in [2.24, 2.45) is 0 Å². The first-order valence-electron chi connectivity index (χ1n) is 7.63. The first-order chi connectivity index (χ1) is 10.7. The molecule has 5 nitrogen and oxygen atoms in total. The molecule has 0 aromatic carbocycles. The molecule has 0 aliphatic carbocycles. The SMILES string of the molecule is Cc1ccnc(NC(=O)c2ccnc(C3CCNCC3)c2)c1. The van der Waals surface area contributed by atoms with E-state index in [0.29, 0.717) is 17.3 Å². The third-order valence-electron chi connectivity index (χ3n) is 3.96. The van der Waals surface area contributed by atoms with Gasteiger partial charge in [0.2, 0.25) is 0 Å². The minimum Gasteiger partial charge on any atom is -0.317 e. The molecule has 0 radical (unpaired) electrons. The molecule has 2 N–H and O–H groups in total. The molecule has 1 amide bonds. The van der Waals surface area contributed by atoms with Crippen molar-refractivity contribution in [3.05, 3.63) is 53.5 Å². The second-order valence-electron chi connectivity index (χ2n) is 5.67. The van der Waals surface area contributed by atoms with Gasteiger partial charge in [0.05, 0.1) is 0 Å². The zero-order valence-electron chi connectivity index (χ0n) is 12.7. The van der Waals surface area contributed by atoms with Crippen molar-refractivity contribution < 1.29 is 4.79 Å². The fourth-order valence-electron chi connectivity index (χ4n) is 2.72. The van der Waals surface area contributed by atoms with Crippen molar-refractivity contribution in [3.63, 3.8) is 0 Å². The van der Waals surface area contributed by atoms with Gasteiger partial charge in [-0.25, -0.2) is 4.98 Å². The second-order valence-corrected chi connectivity index (χ2v) is 5.67. The van der Waals surface area contributed by atoms with Crippen LogP contribution in [-0.4, -0.2) is 29.0 Å². The van der Waals surface area contributed by atoms with Crippen molar-refractivity contribution in [3.8, 4) is 0 Å². The highest BCUT2D eigenvalue weighted by Gasteiger charge is 2.18. The van der Waals surface area contributed by atoms with E-state index in [1.165, 1.54) is 0 Å². The maximum Gasteiger partial charge on any atom is 0.256 e. The lowest BCUT2D eigenvalue weighted by Crippen LogP contribution is -2.27. The Morgan fingerprint density at radius 3 is 2.73 bits per heavy atom. The number of nitrogens with one attached hydrogen (secondary N) is 2. The van der Waals surface area contributed by atoms with Gasteiger partial charge in [-0.15, -0.1) is 0 Å². The summed E-state index contributed by atoms with van der Waals surface area (Å²) in [4.78, 5) is 21.0. The number of hydrogen-bond donors (Lipinski definition) is 2. The quantitative estimate of drug-likeness (QED) is 0.913. The molecule has 0 spiro atoms. The number of nitrogens with zero attached hydrogens (tertiary/aromatic N) is 2. The molecule has 114 valence electrons. The van der Waals surface area contributed by atoms with Gasteiger partial charge in [0.1, 0.15) is 5.82 Å². The average molecular weight is 296 g/mol. The molecule has 2 aromatic rings. The van der Waals surface area contributed by atoms with Gasteiger partial charge < -0.3 is 10.6 Å². The first-order valence-corrected chi connectivity index (χ1v) is 7.63. The standard InChI is InChI=1S/C17H20N4O/c1-12-2-8-20-16(10-12)21-17(22)14-5-9-19-15(11-14)13-3-6-18-7-4-13/h2,5,8-11,13,18H,3-4,6-7H2,1H3,(H,20,21,22). The summed E-state index contributed by atoms with van der Waals surface area (Å²) in [6, 6.07) is 7.40. The van der Waals surface area contributed by atoms with Gasteiger partial charge >= 0.3 is 0 Å². The van der Waals surface area contributed by atoms with E-state index in [0.717, 1.165) is 37.2 Å². The van der Waals surface area contributed by atoms with Crippen LogP contribution in [-0.2, 0) is 0 Å². The van der Waals surface area contributed by atoms with E-state index in [2.05, 4.69) is 20.6 Å². The van der Waals surface area contributed by atoms with Gasteiger partial charge in [-0.2, -0.15) is 0 Å². The van der Waals surface area contributed by atoms with Crippen molar-refractivity contribution in [2.45, 2.75) is 25.7 Å². The number of rotatable bonds is 3. The molecule has 1 saturated heterocycles. The minimum atomic E-state index is -0.143. The van der Waals surface area contributed by atoms with E-state index in [-0.39, 0.29) is 5.91 Å². The lowest BCUT2D eigenvalue weighted by Gasteiger charge is -2.22. The highest BCUT2D eigenvalue weighted by atomic mass is 16.1. The number of piperidine rings is 1. The van der Waals surface area contributed by atoms with E-state index < -0.39 is 0 Å². The van der Waals surface area contributed by atoms with Crippen molar-refractivity contribution in [1.82, 2.24) is 15.3 Å². The smallest absolute Gasteiger partial charge is 0.256 e. The molecule has 2 aromatic heterocycles. The van der Waals surface area contributed by atoms with Crippen LogP contribution >= 0.6 is 0 Å². The van der Waals surface area contributed by atoms with Gasteiger partial charge in [-0.3, -0.25) is 9.78 Å².